The van der Waals surface area contributed by atoms with Crippen LogP contribution in [0.15, 0.2) is 4.99 Å². The van der Waals surface area contributed by atoms with Crippen molar-refractivity contribution < 1.29 is 0 Å². The first-order valence-corrected chi connectivity index (χ1v) is 19.8. The first kappa shape index (κ1) is 30.8. The van der Waals surface area contributed by atoms with Crippen LogP contribution in [0, 0.1) is 58.2 Å². The van der Waals surface area contributed by atoms with Gasteiger partial charge in [-0.05, 0) is 144 Å². The fraction of sp³-hybridized carbons (Fsp3) is 0.974. The molecule has 0 bridgehead atoms. The smallest absolute Gasteiger partial charge is 0.0683 e. The van der Waals surface area contributed by atoms with Crippen molar-refractivity contribution >= 4 is 6.21 Å². The van der Waals surface area contributed by atoms with Crippen LogP contribution in [0.1, 0.15) is 124 Å². The number of fused-ring (bicyclic) bond motifs is 11. The Morgan fingerprint density at radius 1 is 0.659 bits per heavy atom. The van der Waals surface area contributed by atoms with E-state index in [9.17, 15) is 0 Å². The van der Waals surface area contributed by atoms with Crippen LogP contribution in [0.3, 0.4) is 0 Å². The van der Waals surface area contributed by atoms with E-state index in [0.29, 0.717) is 10.8 Å². The van der Waals surface area contributed by atoms with Gasteiger partial charge in [-0.15, -0.1) is 0 Å². The summed E-state index contributed by atoms with van der Waals surface area (Å²) in [4.78, 5) is 10.1. The maximum Gasteiger partial charge on any atom is 0.0683 e. The Balaban J connectivity index is 0.0000000926. The topological polar surface area (TPSA) is 42.9 Å². The predicted octanol–water partition coefficient (Wildman–Crippen LogP) is 7.17. The van der Waals surface area contributed by atoms with E-state index < -0.39 is 0 Å². The molecular weight excluding hydrogens is 538 g/mol. The van der Waals surface area contributed by atoms with Gasteiger partial charge in [-0.2, -0.15) is 0 Å². The minimum atomic E-state index is 0.514. The number of rotatable bonds is 0. The molecule has 0 radical (unpaired) electrons. The zero-order chi connectivity index (χ0) is 30.1. The van der Waals surface area contributed by atoms with E-state index in [0.717, 1.165) is 78.3 Å². The molecule has 6 aliphatic heterocycles. The van der Waals surface area contributed by atoms with E-state index in [1.54, 1.807) is 0 Å². The summed E-state index contributed by atoms with van der Waals surface area (Å²) >= 11 is 0. The highest BCUT2D eigenvalue weighted by Crippen LogP contribution is 2.61. The lowest BCUT2D eigenvalue weighted by Gasteiger charge is -2.54. The van der Waals surface area contributed by atoms with Gasteiger partial charge >= 0.3 is 0 Å². The van der Waals surface area contributed by atoms with Crippen LogP contribution in [0.25, 0.3) is 0 Å². The normalized spacial score (nSPS) is 53.6. The molecule has 14 atom stereocenters. The molecule has 0 amide bonds. The second-order valence-electron chi connectivity index (χ2n) is 18.4. The van der Waals surface area contributed by atoms with Crippen molar-refractivity contribution in [1.82, 2.24) is 20.4 Å². The molecule has 2 unspecified atom stereocenters. The summed E-state index contributed by atoms with van der Waals surface area (Å²) in [6, 6.07) is 1.63. The first-order valence-electron chi connectivity index (χ1n) is 19.8. The monoisotopic (exact) mass is 606 g/mol. The Morgan fingerprint density at radius 3 is 1.95 bits per heavy atom. The van der Waals surface area contributed by atoms with E-state index in [1.807, 2.05) is 0 Å². The third-order valence-corrected chi connectivity index (χ3v) is 16.0. The standard InChI is InChI=1S/C15H24N2.C8H13N.2C8H15N/c1-15-7-3-6-12(15)14-16-8-10-4-2-5-11(10)13(16)17(14)9-15;1-8-4-2-3-7(8)5-9-6-8;2*1-6-8-4-2-3-7(8)5-9-6/h10-14H,2-9H2,1H3;6-7H,2-5H2,1H3;2*6-9H,2-5H2,1H3/t10-,11-,12+,13?,14?,15-;7-,8+;2*6-,7+,8-/m0011/s1. The largest absolute Gasteiger partial charge is 0.314 e. The molecule has 248 valence electrons. The van der Waals surface area contributed by atoms with Crippen molar-refractivity contribution in [1.29, 1.82) is 0 Å². The molecular formula is C39H67N5. The lowest BCUT2D eigenvalue weighted by molar-refractivity contribution is -0.156. The zero-order valence-corrected chi connectivity index (χ0v) is 29.0. The number of nitrogens with zero attached hydrogens (tertiary/aromatic N) is 3. The van der Waals surface area contributed by atoms with E-state index in [4.69, 9.17) is 0 Å². The molecule has 2 N–H and O–H groups in total. The first-order chi connectivity index (χ1) is 21.3. The van der Waals surface area contributed by atoms with Crippen molar-refractivity contribution in [2.24, 2.45) is 63.2 Å². The van der Waals surface area contributed by atoms with Gasteiger partial charge in [0.25, 0.3) is 0 Å². The minimum Gasteiger partial charge on any atom is -0.314 e. The maximum atomic E-state index is 4.31. The highest BCUT2D eigenvalue weighted by molar-refractivity contribution is 5.68. The van der Waals surface area contributed by atoms with Gasteiger partial charge in [0.1, 0.15) is 0 Å². The summed E-state index contributed by atoms with van der Waals surface area (Å²) in [6.45, 7) is 16.2. The minimum absolute atomic E-state index is 0.514. The average molecular weight is 606 g/mol. The highest BCUT2D eigenvalue weighted by Gasteiger charge is 2.67. The van der Waals surface area contributed by atoms with Crippen molar-refractivity contribution in [3.63, 3.8) is 0 Å². The zero-order valence-electron chi connectivity index (χ0n) is 29.0. The molecule has 5 aliphatic carbocycles. The molecule has 11 aliphatic rings. The van der Waals surface area contributed by atoms with Crippen molar-refractivity contribution in [3.8, 4) is 0 Å². The fourth-order valence-electron chi connectivity index (χ4n) is 13.4. The summed E-state index contributed by atoms with van der Waals surface area (Å²) < 4.78 is 0. The molecule has 0 aromatic heterocycles. The Hall–Kier alpha value is -0.490. The van der Waals surface area contributed by atoms with Crippen molar-refractivity contribution in [3.05, 3.63) is 0 Å². The molecule has 6 heterocycles. The molecule has 0 aromatic rings. The van der Waals surface area contributed by atoms with Crippen molar-refractivity contribution in [2.75, 3.05) is 32.7 Å². The van der Waals surface area contributed by atoms with E-state index in [1.165, 1.54) is 122 Å². The molecule has 5 heteroatoms. The molecule has 11 rings (SSSR count). The van der Waals surface area contributed by atoms with Crippen LogP contribution >= 0.6 is 0 Å². The van der Waals surface area contributed by atoms with E-state index in [2.05, 4.69) is 59.3 Å². The van der Waals surface area contributed by atoms with Gasteiger partial charge in [-0.1, -0.05) is 46.0 Å². The lowest BCUT2D eigenvalue weighted by Crippen LogP contribution is -2.68. The highest BCUT2D eigenvalue weighted by atomic mass is 15.6. The van der Waals surface area contributed by atoms with Crippen LogP contribution < -0.4 is 10.6 Å². The number of hydrogen-bond donors (Lipinski definition) is 2. The van der Waals surface area contributed by atoms with Gasteiger partial charge in [-0.25, -0.2) is 0 Å². The molecule has 44 heavy (non-hydrogen) atoms. The summed E-state index contributed by atoms with van der Waals surface area (Å²) in [7, 11) is 0. The Kier molecular flexibility index (Phi) is 8.54. The lowest BCUT2D eigenvalue weighted by atomic mass is 9.81. The summed E-state index contributed by atoms with van der Waals surface area (Å²) in [5, 5.41) is 7.04. The molecule has 5 nitrogen and oxygen atoms in total. The van der Waals surface area contributed by atoms with Crippen LogP contribution in [0.5, 0.6) is 0 Å². The SMILES string of the molecule is C[C@@]12C=NC[C@@H]1CCC2.C[C@@]12CCC[C@@H]1C1N3C[C@@H]4CCC[C@@H]4C3N1C2.C[C@H]1NC[C@@H]2CCC[C@@H]21.C[C@H]1NC[C@@H]2CCC[C@@H]21. The Labute approximate surface area is 270 Å². The summed E-state index contributed by atoms with van der Waals surface area (Å²) in [5.74, 6) is 8.18. The Bertz CT molecular complexity index is 1020. The average Bonchev–Trinajstić information content (AvgIpc) is 3.80. The number of hydrogen-bond acceptors (Lipinski definition) is 5. The van der Waals surface area contributed by atoms with Crippen LogP contribution in [0.2, 0.25) is 0 Å². The molecule has 0 aromatic carbocycles. The molecule has 0 spiro atoms. The predicted molar refractivity (Wildman–Crippen MR) is 183 cm³/mol. The van der Waals surface area contributed by atoms with Gasteiger partial charge in [0, 0.05) is 43.3 Å². The second kappa shape index (κ2) is 12.2. The third-order valence-electron chi connectivity index (χ3n) is 16.0. The van der Waals surface area contributed by atoms with E-state index in [-0.39, 0.29) is 0 Å². The summed E-state index contributed by atoms with van der Waals surface area (Å²) in [6.07, 6.45) is 26.1. The van der Waals surface area contributed by atoms with Crippen LogP contribution in [0.4, 0.5) is 0 Å². The third kappa shape index (κ3) is 5.29. The van der Waals surface area contributed by atoms with Crippen LogP contribution in [-0.2, 0) is 0 Å². The summed E-state index contributed by atoms with van der Waals surface area (Å²) in [5.41, 5.74) is 1.20. The van der Waals surface area contributed by atoms with Gasteiger partial charge in [0.15, 0.2) is 0 Å². The molecule has 10 fully saturated rings. The van der Waals surface area contributed by atoms with Gasteiger partial charge in [-0.3, -0.25) is 14.8 Å². The van der Waals surface area contributed by atoms with Crippen LogP contribution in [-0.4, -0.2) is 73.2 Å². The fourth-order valence-corrected chi connectivity index (χ4v) is 13.4. The van der Waals surface area contributed by atoms with E-state index >= 15 is 0 Å². The molecule has 5 saturated carbocycles. The van der Waals surface area contributed by atoms with Gasteiger partial charge < -0.3 is 10.6 Å². The number of nitrogens with one attached hydrogen (secondary N) is 2. The second-order valence-corrected chi connectivity index (χ2v) is 18.4. The van der Waals surface area contributed by atoms with Gasteiger partial charge in [0.2, 0.25) is 0 Å². The van der Waals surface area contributed by atoms with Crippen molar-refractivity contribution in [2.45, 2.75) is 148 Å². The molecule has 5 saturated heterocycles. The number of aliphatic imine (C=N–C) groups is 1. The quantitative estimate of drug-likeness (QED) is 0.307. The van der Waals surface area contributed by atoms with Gasteiger partial charge in [0.05, 0.1) is 12.3 Å². The Morgan fingerprint density at radius 2 is 1.30 bits per heavy atom. The maximum absolute atomic E-state index is 4.31.